The van der Waals surface area contributed by atoms with Crippen LogP contribution >= 0.6 is 0 Å². The Labute approximate surface area is 131 Å². The molecule has 1 unspecified atom stereocenters. The van der Waals surface area contributed by atoms with E-state index >= 15 is 0 Å². The monoisotopic (exact) mass is 310 g/mol. The minimum Gasteiger partial charge on any atom is -0.381 e. The highest BCUT2D eigenvalue weighted by molar-refractivity contribution is 5.91. The Kier molecular flexibility index (Phi) is 4.41. The molecule has 3 heterocycles. The predicted octanol–water partition coefficient (Wildman–Crippen LogP) is 0.794. The van der Waals surface area contributed by atoms with Gasteiger partial charge in [-0.2, -0.15) is 0 Å². The SMILES string of the molecule is CCC(=O)N1CCC(N2C(=O)C(OC)C23CCOCC3)CC1. The molecule has 3 saturated heterocycles. The van der Waals surface area contributed by atoms with Crippen molar-refractivity contribution in [1.82, 2.24) is 9.80 Å². The van der Waals surface area contributed by atoms with Gasteiger partial charge in [-0.05, 0) is 25.7 Å². The number of carbonyl (C=O) groups is 2. The van der Waals surface area contributed by atoms with Gasteiger partial charge < -0.3 is 19.3 Å². The lowest BCUT2D eigenvalue weighted by molar-refractivity contribution is -0.213. The predicted molar refractivity (Wildman–Crippen MR) is 80.3 cm³/mol. The molecule has 1 atom stereocenters. The van der Waals surface area contributed by atoms with Crippen LogP contribution in [0.4, 0.5) is 0 Å². The largest absolute Gasteiger partial charge is 0.381 e. The number of rotatable bonds is 3. The molecule has 3 aliphatic rings. The summed E-state index contributed by atoms with van der Waals surface area (Å²) in [4.78, 5) is 28.3. The molecule has 0 aromatic carbocycles. The molecule has 6 nitrogen and oxygen atoms in total. The average molecular weight is 310 g/mol. The van der Waals surface area contributed by atoms with E-state index in [1.54, 1.807) is 7.11 Å². The first kappa shape index (κ1) is 15.7. The second-order valence-electron chi connectivity index (χ2n) is 6.51. The minimum absolute atomic E-state index is 0.115. The van der Waals surface area contributed by atoms with Gasteiger partial charge >= 0.3 is 0 Å². The Hall–Kier alpha value is -1.14. The molecule has 1 spiro atoms. The first-order chi connectivity index (χ1) is 10.6. The molecule has 0 bridgehead atoms. The van der Waals surface area contributed by atoms with E-state index in [0.29, 0.717) is 19.6 Å². The third-order valence-corrected chi connectivity index (χ3v) is 5.51. The molecule has 2 amide bonds. The topological polar surface area (TPSA) is 59.1 Å². The number of carbonyl (C=O) groups excluding carboxylic acids is 2. The van der Waals surface area contributed by atoms with Gasteiger partial charge in [-0.15, -0.1) is 0 Å². The van der Waals surface area contributed by atoms with E-state index in [0.717, 1.165) is 38.8 Å². The number of likely N-dealkylation sites (tertiary alicyclic amines) is 2. The molecule has 124 valence electrons. The van der Waals surface area contributed by atoms with E-state index in [2.05, 4.69) is 4.90 Å². The Morgan fingerprint density at radius 2 is 1.95 bits per heavy atom. The number of methoxy groups -OCH3 is 1. The van der Waals surface area contributed by atoms with Crippen LogP contribution in [0, 0.1) is 0 Å². The van der Waals surface area contributed by atoms with Crippen LogP contribution in [0.15, 0.2) is 0 Å². The summed E-state index contributed by atoms with van der Waals surface area (Å²) in [5.74, 6) is 0.327. The van der Waals surface area contributed by atoms with E-state index in [1.165, 1.54) is 0 Å². The first-order valence-corrected chi connectivity index (χ1v) is 8.35. The molecule has 0 radical (unpaired) electrons. The van der Waals surface area contributed by atoms with E-state index in [-0.39, 0.29) is 29.5 Å². The van der Waals surface area contributed by atoms with Gasteiger partial charge in [-0.1, -0.05) is 6.92 Å². The number of hydrogen-bond acceptors (Lipinski definition) is 4. The van der Waals surface area contributed by atoms with Crippen LogP contribution in [0.25, 0.3) is 0 Å². The maximum Gasteiger partial charge on any atom is 0.254 e. The van der Waals surface area contributed by atoms with Crippen molar-refractivity contribution < 1.29 is 19.1 Å². The van der Waals surface area contributed by atoms with Crippen LogP contribution in [-0.4, -0.2) is 72.7 Å². The van der Waals surface area contributed by atoms with Crippen LogP contribution in [0.3, 0.4) is 0 Å². The lowest BCUT2D eigenvalue weighted by Gasteiger charge is -2.61. The van der Waals surface area contributed by atoms with E-state index < -0.39 is 0 Å². The van der Waals surface area contributed by atoms with Crippen LogP contribution in [-0.2, 0) is 19.1 Å². The van der Waals surface area contributed by atoms with Crippen molar-refractivity contribution >= 4 is 11.8 Å². The van der Waals surface area contributed by atoms with Crippen molar-refractivity contribution in [2.24, 2.45) is 0 Å². The summed E-state index contributed by atoms with van der Waals surface area (Å²) in [7, 11) is 1.62. The molecule has 3 fully saturated rings. The molecular weight excluding hydrogens is 284 g/mol. The van der Waals surface area contributed by atoms with Gasteiger partial charge in [-0.25, -0.2) is 0 Å². The molecule has 0 aromatic rings. The summed E-state index contributed by atoms with van der Waals surface area (Å²) >= 11 is 0. The maximum atomic E-state index is 12.5. The molecular formula is C16H26N2O4. The van der Waals surface area contributed by atoms with E-state index in [1.807, 2.05) is 11.8 Å². The lowest BCUT2D eigenvalue weighted by Crippen LogP contribution is -2.79. The maximum absolute atomic E-state index is 12.5. The Morgan fingerprint density at radius 3 is 2.50 bits per heavy atom. The number of hydrogen-bond donors (Lipinski definition) is 0. The second-order valence-corrected chi connectivity index (χ2v) is 6.51. The molecule has 22 heavy (non-hydrogen) atoms. The van der Waals surface area contributed by atoms with Gasteiger partial charge in [0, 0.05) is 45.9 Å². The molecule has 0 N–H and O–H groups in total. The summed E-state index contributed by atoms with van der Waals surface area (Å²) < 4.78 is 11.0. The number of piperidine rings is 1. The van der Waals surface area contributed by atoms with Crippen molar-refractivity contribution in [2.45, 2.75) is 56.7 Å². The lowest BCUT2D eigenvalue weighted by atomic mass is 9.72. The number of β-lactam (4-membered cyclic amide) rings is 1. The van der Waals surface area contributed by atoms with Crippen molar-refractivity contribution in [1.29, 1.82) is 0 Å². The van der Waals surface area contributed by atoms with Crippen molar-refractivity contribution in [3.8, 4) is 0 Å². The highest BCUT2D eigenvalue weighted by atomic mass is 16.5. The molecule has 0 saturated carbocycles. The first-order valence-electron chi connectivity index (χ1n) is 8.35. The minimum atomic E-state index is -0.313. The zero-order chi connectivity index (χ0) is 15.7. The van der Waals surface area contributed by atoms with Gasteiger partial charge in [0.1, 0.15) is 0 Å². The average Bonchev–Trinajstić information content (AvgIpc) is 2.56. The molecule has 0 aliphatic carbocycles. The normalized spacial score (nSPS) is 28.8. The summed E-state index contributed by atoms with van der Waals surface area (Å²) in [6.07, 6.45) is 3.69. The molecule has 3 aliphatic heterocycles. The van der Waals surface area contributed by atoms with E-state index in [4.69, 9.17) is 9.47 Å². The fraction of sp³-hybridized carbons (Fsp3) is 0.875. The quantitative estimate of drug-likeness (QED) is 0.723. The Bertz CT molecular complexity index is 439. The van der Waals surface area contributed by atoms with Gasteiger partial charge in [0.25, 0.3) is 5.91 Å². The highest BCUT2D eigenvalue weighted by Gasteiger charge is 2.62. The highest BCUT2D eigenvalue weighted by Crippen LogP contribution is 2.45. The number of ether oxygens (including phenoxy) is 2. The van der Waals surface area contributed by atoms with Crippen molar-refractivity contribution in [2.75, 3.05) is 33.4 Å². The van der Waals surface area contributed by atoms with Gasteiger partial charge in [0.2, 0.25) is 5.91 Å². The Balaban J connectivity index is 1.69. The molecule has 6 heteroatoms. The fourth-order valence-electron chi connectivity index (χ4n) is 4.32. The number of nitrogens with zero attached hydrogens (tertiary/aromatic N) is 2. The molecule has 0 aromatic heterocycles. The Morgan fingerprint density at radius 1 is 1.32 bits per heavy atom. The van der Waals surface area contributed by atoms with E-state index in [9.17, 15) is 9.59 Å². The third kappa shape index (κ3) is 2.33. The van der Waals surface area contributed by atoms with Gasteiger partial charge in [0.05, 0.1) is 5.54 Å². The smallest absolute Gasteiger partial charge is 0.254 e. The standard InChI is InChI=1S/C16H26N2O4/c1-3-13(19)17-8-4-12(5-9-17)18-15(20)14(21-2)16(18)6-10-22-11-7-16/h12,14H,3-11H2,1-2H3. The number of amides is 2. The summed E-state index contributed by atoms with van der Waals surface area (Å²) in [6, 6.07) is 0.234. The van der Waals surface area contributed by atoms with Crippen LogP contribution in [0.1, 0.15) is 39.0 Å². The zero-order valence-corrected chi connectivity index (χ0v) is 13.5. The van der Waals surface area contributed by atoms with Crippen LogP contribution < -0.4 is 0 Å². The van der Waals surface area contributed by atoms with Crippen LogP contribution in [0.2, 0.25) is 0 Å². The van der Waals surface area contributed by atoms with Gasteiger partial charge in [0.15, 0.2) is 6.10 Å². The van der Waals surface area contributed by atoms with Gasteiger partial charge in [-0.3, -0.25) is 9.59 Å². The molecule has 3 rings (SSSR count). The van der Waals surface area contributed by atoms with Crippen molar-refractivity contribution in [3.05, 3.63) is 0 Å². The fourth-order valence-corrected chi connectivity index (χ4v) is 4.32. The third-order valence-electron chi connectivity index (χ3n) is 5.51. The zero-order valence-electron chi connectivity index (χ0n) is 13.5. The summed E-state index contributed by atoms with van der Waals surface area (Å²) in [5, 5.41) is 0. The summed E-state index contributed by atoms with van der Waals surface area (Å²) in [6.45, 7) is 4.79. The van der Waals surface area contributed by atoms with Crippen LogP contribution in [0.5, 0.6) is 0 Å². The van der Waals surface area contributed by atoms with Crippen molar-refractivity contribution in [3.63, 3.8) is 0 Å². The summed E-state index contributed by atoms with van der Waals surface area (Å²) in [5.41, 5.74) is -0.175. The second kappa shape index (κ2) is 6.16.